The summed E-state index contributed by atoms with van der Waals surface area (Å²) < 4.78 is 0. The summed E-state index contributed by atoms with van der Waals surface area (Å²) in [6.45, 7) is 3.93. The van der Waals surface area contributed by atoms with Crippen LogP contribution in [0.25, 0.3) is 0 Å². The highest BCUT2D eigenvalue weighted by Crippen LogP contribution is 2.20. The van der Waals surface area contributed by atoms with Gasteiger partial charge >= 0.3 is 0 Å². The van der Waals surface area contributed by atoms with E-state index in [1.807, 2.05) is 13.8 Å². The molecule has 50 valence electrons. The number of amides is 1. The van der Waals surface area contributed by atoms with E-state index in [0.29, 0.717) is 5.75 Å². The molecule has 0 aromatic heterocycles. The number of carbonyl (C=O) groups is 1. The summed E-state index contributed by atoms with van der Waals surface area (Å²) in [6.07, 6.45) is 0. The fraction of sp³-hybridized carbons (Fsp3) is 0.500. The lowest BCUT2D eigenvalue weighted by atomic mass is 10.4. The number of rotatable bonds is 0. The monoisotopic (exact) mass is 143 g/mol. The molecule has 1 aliphatic rings. The molecule has 0 saturated heterocycles. The Labute approximate surface area is 58.7 Å². The topological polar surface area (TPSA) is 29.1 Å². The normalized spacial score (nSPS) is 20.0. The summed E-state index contributed by atoms with van der Waals surface area (Å²) in [5.41, 5.74) is 0.997. The maximum atomic E-state index is 10.7. The smallest absolute Gasteiger partial charge is 0.234 e. The quantitative estimate of drug-likeness (QED) is 0.550. The fourth-order valence-electron chi connectivity index (χ4n) is 0.615. The first-order chi connectivity index (χ1) is 4.20. The van der Waals surface area contributed by atoms with Gasteiger partial charge in [-0.2, -0.15) is 0 Å². The molecule has 3 heteroatoms. The van der Waals surface area contributed by atoms with Crippen LogP contribution < -0.4 is 5.32 Å². The van der Waals surface area contributed by atoms with Gasteiger partial charge in [-0.1, -0.05) is 0 Å². The van der Waals surface area contributed by atoms with Crippen molar-refractivity contribution in [3.05, 3.63) is 10.6 Å². The summed E-state index contributed by atoms with van der Waals surface area (Å²) in [5, 5.41) is 2.75. The van der Waals surface area contributed by atoms with E-state index in [1.54, 1.807) is 11.8 Å². The molecule has 1 aliphatic heterocycles. The van der Waals surface area contributed by atoms with Crippen molar-refractivity contribution in [1.29, 1.82) is 0 Å². The Bertz CT molecular complexity index is 174. The second-order valence-electron chi connectivity index (χ2n) is 2.02. The van der Waals surface area contributed by atoms with E-state index >= 15 is 0 Å². The molecule has 1 heterocycles. The van der Waals surface area contributed by atoms with Crippen LogP contribution in [0.1, 0.15) is 13.8 Å². The predicted molar refractivity (Wildman–Crippen MR) is 39.0 cm³/mol. The maximum absolute atomic E-state index is 10.7. The van der Waals surface area contributed by atoms with E-state index in [0.717, 1.165) is 5.70 Å². The fourth-order valence-corrected chi connectivity index (χ4v) is 1.30. The van der Waals surface area contributed by atoms with Crippen LogP contribution in [0.15, 0.2) is 10.6 Å². The first kappa shape index (κ1) is 6.68. The van der Waals surface area contributed by atoms with Crippen LogP contribution in [0.2, 0.25) is 0 Å². The zero-order chi connectivity index (χ0) is 6.85. The Morgan fingerprint density at radius 2 is 2.22 bits per heavy atom. The molecule has 0 aliphatic carbocycles. The van der Waals surface area contributed by atoms with Crippen molar-refractivity contribution in [3.63, 3.8) is 0 Å². The number of allylic oxidation sites excluding steroid dienone is 2. The lowest BCUT2D eigenvalue weighted by Crippen LogP contribution is -2.27. The van der Waals surface area contributed by atoms with Gasteiger partial charge in [0, 0.05) is 10.6 Å². The number of thioether (sulfide) groups is 1. The van der Waals surface area contributed by atoms with Crippen molar-refractivity contribution in [1.82, 2.24) is 5.32 Å². The van der Waals surface area contributed by atoms with Crippen molar-refractivity contribution in [3.8, 4) is 0 Å². The van der Waals surface area contributed by atoms with Gasteiger partial charge in [0.05, 0.1) is 5.75 Å². The molecular formula is C6H9NOS. The van der Waals surface area contributed by atoms with E-state index in [4.69, 9.17) is 0 Å². The molecule has 2 nitrogen and oxygen atoms in total. The Morgan fingerprint density at radius 1 is 1.56 bits per heavy atom. The molecule has 0 fully saturated rings. The summed E-state index contributed by atoms with van der Waals surface area (Å²) >= 11 is 1.60. The number of carbonyl (C=O) groups excluding carboxylic acids is 1. The van der Waals surface area contributed by atoms with E-state index < -0.39 is 0 Å². The Kier molecular flexibility index (Phi) is 1.81. The largest absolute Gasteiger partial charge is 0.329 e. The Morgan fingerprint density at radius 3 is 2.67 bits per heavy atom. The van der Waals surface area contributed by atoms with Gasteiger partial charge in [0.1, 0.15) is 0 Å². The van der Waals surface area contributed by atoms with Gasteiger partial charge in [-0.15, -0.1) is 11.8 Å². The van der Waals surface area contributed by atoms with Crippen molar-refractivity contribution < 1.29 is 4.79 Å². The zero-order valence-electron chi connectivity index (χ0n) is 5.52. The van der Waals surface area contributed by atoms with Gasteiger partial charge in [0.25, 0.3) is 0 Å². The minimum absolute atomic E-state index is 0.114. The lowest BCUT2D eigenvalue weighted by molar-refractivity contribution is -0.117. The van der Waals surface area contributed by atoms with Crippen molar-refractivity contribution >= 4 is 17.7 Å². The van der Waals surface area contributed by atoms with Crippen LogP contribution in [0.3, 0.4) is 0 Å². The van der Waals surface area contributed by atoms with Gasteiger partial charge in [-0.05, 0) is 13.8 Å². The molecule has 0 atom stereocenters. The van der Waals surface area contributed by atoms with E-state index in [-0.39, 0.29) is 5.91 Å². The van der Waals surface area contributed by atoms with Gasteiger partial charge in [-0.25, -0.2) is 0 Å². The highest BCUT2D eigenvalue weighted by molar-refractivity contribution is 8.03. The van der Waals surface area contributed by atoms with Gasteiger partial charge < -0.3 is 5.32 Å². The molecule has 0 unspecified atom stereocenters. The summed E-state index contributed by atoms with van der Waals surface area (Å²) in [6, 6.07) is 0. The molecule has 0 spiro atoms. The van der Waals surface area contributed by atoms with Crippen LogP contribution in [0.4, 0.5) is 0 Å². The lowest BCUT2D eigenvalue weighted by Gasteiger charge is -2.13. The first-order valence-electron chi connectivity index (χ1n) is 2.80. The van der Waals surface area contributed by atoms with Crippen molar-refractivity contribution in [2.24, 2.45) is 0 Å². The third-order valence-corrected chi connectivity index (χ3v) is 2.42. The third-order valence-electron chi connectivity index (χ3n) is 1.27. The number of hydrogen-bond donors (Lipinski definition) is 1. The zero-order valence-corrected chi connectivity index (χ0v) is 6.34. The second-order valence-corrected chi connectivity index (χ2v) is 3.21. The van der Waals surface area contributed by atoms with Gasteiger partial charge in [0.15, 0.2) is 0 Å². The molecule has 0 bridgehead atoms. The average molecular weight is 143 g/mol. The van der Waals surface area contributed by atoms with E-state index in [2.05, 4.69) is 5.32 Å². The third kappa shape index (κ3) is 1.48. The van der Waals surface area contributed by atoms with Crippen LogP contribution in [0.5, 0.6) is 0 Å². The maximum Gasteiger partial charge on any atom is 0.234 e. The van der Waals surface area contributed by atoms with Crippen molar-refractivity contribution in [2.45, 2.75) is 13.8 Å². The summed E-state index contributed by atoms with van der Waals surface area (Å²) in [4.78, 5) is 11.9. The Balaban J connectivity index is 2.72. The van der Waals surface area contributed by atoms with Crippen LogP contribution in [-0.4, -0.2) is 11.7 Å². The van der Waals surface area contributed by atoms with Gasteiger partial charge in [-0.3, -0.25) is 4.79 Å². The predicted octanol–water partition coefficient (Wildman–Crippen LogP) is 1.10. The van der Waals surface area contributed by atoms with Crippen molar-refractivity contribution in [2.75, 3.05) is 5.75 Å². The highest BCUT2D eigenvalue weighted by Gasteiger charge is 2.10. The average Bonchev–Trinajstić information content (AvgIpc) is 1.80. The second kappa shape index (κ2) is 2.43. The van der Waals surface area contributed by atoms with Crippen LogP contribution in [0, 0.1) is 0 Å². The highest BCUT2D eigenvalue weighted by atomic mass is 32.2. The summed E-state index contributed by atoms with van der Waals surface area (Å²) in [7, 11) is 0. The molecule has 1 rings (SSSR count). The first-order valence-corrected chi connectivity index (χ1v) is 3.79. The van der Waals surface area contributed by atoms with E-state index in [9.17, 15) is 4.79 Å². The number of hydrogen-bond acceptors (Lipinski definition) is 2. The molecular weight excluding hydrogens is 134 g/mol. The number of nitrogens with one attached hydrogen (secondary N) is 1. The Hall–Kier alpha value is -0.440. The van der Waals surface area contributed by atoms with E-state index in [1.165, 1.54) is 4.91 Å². The molecule has 0 aromatic rings. The summed E-state index contributed by atoms with van der Waals surface area (Å²) in [5.74, 6) is 0.687. The standard InChI is InChI=1S/C6H9NOS/c1-4-5(2)9-3-6(8)7-4/h3H2,1-2H3,(H,7,8). The molecule has 9 heavy (non-hydrogen) atoms. The minimum Gasteiger partial charge on any atom is -0.329 e. The molecule has 0 aromatic carbocycles. The molecule has 1 amide bonds. The molecule has 1 N–H and O–H groups in total. The van der Waals surface area contributed by atoms with Crippen LogP contribution >= 0.6 is 11.8 Å². The molecule has 0 radical (unpaired) electrons. The van der Waals surface area contributed by atoms with Gasteiger partial charge in [0.2, 0.25) is 5.91 Å². The SMILES string of the molecule is CC1=C(C)SCC(=O)N1. The van der Waals surface area contributed by atoms with Crippen LogP contribution in [-0.2, 0) is 4.79 Å². The minimum atomic E-state index is 0.114. The molecule has 0 saturated carbocycles.